The van der Waals surface area contributed by atoms with Crippen molar-refractivity contribution in [3.63, 3.8) is 0 Å². The van der Waals surface area contributed by atoms with Gasteiger partial charge in [0.2, 0.25) is 0 Å². The first-order valence-corrected chi connectivity index (χ1v) is 6.19. The molecular formula is C13H21NO. The molecule has 0 aromatic carbocycles. The average molecular weight is 207 g/mol. The Kier molecular flexibility index (Phi) is 4.05. The fraction of sp³-hybridized carbons (Fsp3) is 0.846. The van der Waals surface area contributed by atoms with Crippen LogP contribution in [0.15, 0.2) is 0 Å². The molecular weight excluding hydrogens is 186 g/mol. The van der Waals surface area contributed by atoms with E-state index in [1.807, 2.05) is 0 Å². The van der Waals surface area contributed by atoms with Gasteiger partial charge in [-0.25, -0.2) is 0 Å². The highest BCUT2D eigenvalue weighted by Crippen LogP contribution is 2.24. The summed E-state index contributed by atoms with van der Waals surface area (Å²) in [6.45, 7) is 2.79. The topological polar surface area (TPSA) is 12.5 Å². The summed E-state index contributed by atoms with van der Waals surface area (Å²) in [5, 5.41) is 0. The van der Waals surface area contributed by atoms with Gasteiger partial charge in [-0.05, 0) is 25.7 Å². The molecule has 2 rings (SSSR count). The zero-order chi connectivity index (χ0) is 10.5. The minimum Gasteiger partial charge on any atom is -0.377 e. The van der Waals surface area contributed by atoms with Crippen molar-refractivity contribution in [2.24, 2.45) is 0 Å². The van der Waals surface area contributed by atoms with Crippen LogP contribution in [0.2, 0.25) is 0 Å². The summed E-state index contributed by atoms with van der Waals surface area (Å²) in [6.07, 6.45) is 13.7. The molecule has 0 bridgehead atoms. The predicted molar refractivity (Wildman–Crippen MR) is 61.6 cm³/mol. The minimum atomic E-state index is 0.443. The second-order valence-corrected chi connectivity index (χ2v) is 4.71. The van der Waals surface area contributed by atoms with Crippen molar-refractivity contribution < 1.29 is 4.74 Å². The van der Waals surface area contributed by atoms with Crippen LogP contribution in [0.5, 0.6) is 0 Å². The number of hydrogen-bond acceptors (Lipinski definition) is 2. The normalized spacial score (nSPS) is 27.3. The molecule has 1 saturated carbocycles. The third-order valence-corrected chi connectivity index (χ3v) is 3.60. The Morgan fingerprint density at radius 3 is 2.60 bits per heavy atom. The summed E-state index contributed by atoms with van der Waals surface area (Å²) in [5.74, 6) is 2.79. The highest BCUT2D eigenvalue weighted by molar-refractivity contribution is 4.92. The molecule has 2 aliphatic rings. The molecule has 1 atom stereocenters. The Morgan fingerprint density at radius 2 is 2.00 bits per heavy atom. The van der Waals surface area contributed by atoms with E-state index in [1.165, 1.54) is 38.5 Å². The molecule has 1 heterocycles. The van der Waals surface area contributed by atoms with Gasteiger partial charge in [-0.1, -0.05) is 18.8 Å². The van der Waals surface area contributed by atoms with Gasteiger partial charge in [-0.2, -0.15) is 0 Å². The Bertz CT molecular complexity index is 221. The van der Waals surface area contributed by atoms with Gasteiger partial charge in [0.05, 0.1) is 12.6 Å². The molecule has 1 aliphatic heterocycles. The molecule has 1 unspecified atom stereocenters. The fourth-order valence-electron chi connectivity index (χ4n) is 2.78. The lowest BCUT2D eigenvalue weighted by Crippen LogP contribution is -2.39. The van der Waals surface area contributed by atoms with Crippen LogP contribution in [0.1, 0.15) is 38.5 Å². The van der Waals surface area contributed by atoms with Crippen molar-refractivity contribution in [2.45, 2.75) is 50.7 Å². The van der Waals surface area contributed by atoms with E-state index >= 15 is 0 Å². The van der Waals surface area contributed by atoms with Gasteiger partial charge in [0.25, 0.3) is 0 Å². The van der Waals surface area contributed by atoms with Crippen LogP contribution in [-0.4, -0.2) is 36.7 Å². The zero-order valence-electron chi connectivity index (χ0n) is 9.45. The standard InChI is InChI=1S/C13H21NO/c1-2-9-14(12-6-3-4-7-12)11-13-8-5-10-15-13/h1,12-13H,3-11H2. The molecule has 1 saturated heterocycles. The van der Waals surface area contributed by atoms with Crippen LogP contribution in [0.25, 0.3) is 0 Å². The summed E-state index contributed by atoms with van der Waals surface area (Å²) in [7, 11) is 0. The lowest BCUT2D eigenvalue weighted by atomic mass is 10.1. The van der Waals surface area contributed by atoms with Crippen LogP contribution < -0.4 is 0 Å². The average Bonchev–Trinajstić information content (AvgIpc) is 2.89. The van der Waals surface area contributed by atoms with Crippen LogP contribution in [0.4, 0.5) is 0 Å². The van der Waals surface area contributed by atoms with Crippen molar-refractivity contribution in [1.29, 1.82) is 0 Å². The SMILES string of the molecule is C#CCN(CC1CCCO1)C1CCCC1. The summed E-state index contributed by atoms with van der Waals surface area (Å²) < 4.78 is 5.68. The number of hydrogen-bond donors (Lipinski definition) is 0. The third-order valence-electron chi connectivity index (χ3n) is 3.60. The van der Waals surface area contributed by atoms with E-state index in [-0.39, 0.29) is 0 Å². The predicted octanol–water partition coefficient (Wildman–Crippen LogP) is 2.04. The van der Waals surface area contributed by atoms with Crippen molar-refractivity contribution in [3.8, 4) is 12.3 Å². The van der Waals surface area contributed by atoms with Gasteiger partial charge in [0.1, 0.15) is 0 Å². The second-order valence-electron chi connectivity index (χ2n) is 4.71. The molecule has 2 heteroatoms. The van der Waals surface area contributed by atoms with Crippen molar-refractivity contribution in [1.82, 2.24) is 4.90 Å². The van der Waals surface area contributed by atoms with Gasteiger partial charge in [0, 0.05) is 19.2 Å². The monoisotopic (exact) mass is 207 g/mol. The van der Waals surface area contributed by atoms with Gasteiger partial charge in [0.15, 0.2) is 0 Å². The van der Waals surface area contributed by atoms with Gasteiger partial charge in [-0.15, -0.1) is 6.42 Å². The quantitative estimate of drug-likeness (QED) is 0.654. The first-order valence-electron chi connectivity index (χ1n) is 6.19. The largest absolute Gasteiger partial charge is 0.377 e. The molecule has 15 heavy (non-hydrogen) atoms. The highest BCUT2D eigenvalue weighted by Gasteiger charge is 2.26. The number of nitrogens with zero attached hydrogens (tertiary/aromatic N) is 1. The van der Waals surface area contributed by atoms with E-state index in [0.29, 0.717) is 6.10 Å². The fourth-order valence-corrected chi connectivity index (χ4v) is 2.78. The van der Waals surface area contributed by atoms with Crippen LogP contribution in [-0.2, 0) is 4.74 Å². The Morgan fingerprint density at radius 1 is 1.20 bits per heavy atom. The van der Waals surface area contributed by atoms with E-state index in [1.54, 1.807) is 0 Å². The molecule has 0 aromatic heterocycles. The van der Waals surface area contributed by atoms with Crippen molar-refractivity contribution >= 4 is 0 Å². The van der Waals surface area contributed by atoms with Gasteiger partial charge in [-0.3, -0.25) is 4.90 Å². The smallest absolute Gasteiger partial charge is 0.0703 e. The maximum absolute atomic E-state index is 5.68. The van der Waals surface area contributed by atoms with E-state index in [9.17, 15) is 0 Å². The molecule has 0 spiro atoms. The van der Waals surface area contributed by atoms with Gasteiger partial charge >= 0.3 is 0 Å². The van der Waals surface area contributed by atoms with Crippen LogP contribution in [0, 0.1) is 12.3 Å². The lowest BCUT2D eigenvalue weighted by molar-refractivity contribution is 0.0636. The summed E-state index contributed by atoms with van der Waals surface area (Å²) in [6, 6.07) is 0.727. The first kappa shape index (κ1) is 11.0. The van der Waals surface area contributed by atoms with E-state index in [2.05, 4.69) is 10.8 Å². The number of terminal acetylenes is 1. The molecule has 1 aliphatic carbocycles. The van der Waals surface area contributed by atoms with E-state index in [4.69, 9.17) is 11.2 Å². The third kappa shape index (κ3) is 2.96. The Balaban J connectivity index is 1.84. The number of rotatable bonds is 4. The molecule has 0 amide bonds. The van der Waals surface area contributed by atoms with Gasteiger partial charge < -0.3 is 4.74 Å². The maximum atomic E-state index is 5.68. The second kappa shape index (κ2) is 5.53. The summed E-state index contributed by atoms with van der Waals surface area (Å²) in [5.41, 5.74) is 0. The summed E-state index contributed by atoms with van der Waals surface area (Å²) >= 11 is 0. The van der Waals surface area contributed by atoms with E-state index < -0.39 is 0 Å². The van der Waals surface area contributed by atoms with Crippen LogP contribution >= 0.6 is 0 Å². The summed E-state index contributed by atoms with van der Waals surface area (Å²) in [4.78, 5) is 2.46. The maximum Gasteiger partial charge on any atom is 0.0703 e. The van der Waals surface area contributed by atoms with Crippen molar-refractivity contribution in [3.05, 3.63) is 0 Å². The molecule has 2 nitrogen and oxygen atoms in total. The Labute approximate surface area is 93.0 Å². The molecule has 0 N–H and O–H groups in total. The highest BCUT2D eigenvalue weighted by atomic mass is 16.5. The zero-order valence-corrected chi connectivity index (χ0v) is 9.45. The molecule has 84 valence electrons. The number of ether oxygens (including phenoxy) is 1. The first-order chi connectivity index (χ1) is 7.40. The van der Waals surface area contributed by atoms with E-state index in [0.717, 1.165) is 25.7 Å². The Hall–Kier alpha value is -0.520. The lowest BCUT2D eigenvalue weighted by Gasteiger charge is -2.28. The minimum absolute atomic E-state index is 0.443. The molecule has 2 fully saturated rings. The van der Waals surface area contributed by atoms with Crippen LogP contribution in [0.3, 0.4) is 0 Å². The van der Waals surface area contributed by atoms with Crippen molar-refractivity contribution in [2.75, 3.05) is 19.7 Å². The molecule has 0 radical (unpaired) electrons. The molecule has 0 aromatic rings.